The lowest BCUT2D eigenvalue weighted by Gasteiger charge is -2.30. The van der Waals surface area contributed by atoms with E-state index in [0.717, 1.165) is 32.4 Å². The van der Waals surface area contributed by atoms with Crippen molar-refractivity contribution >= 4 is 21.6 Å². The SMILES string of the molecule is CSC(=C(C#N)S(=O)(=O)c1ccccc1)N1CCCCC1. The van der Waals surface area contributed by atoms with Gasteiger partial charge in [-0.25, -0.2) is 8.42 Å². The lowest BCUT2D eigenvalue weighted by atomic mass is 10.1. The third-order valence-electron chi connectivity index (χ3n) is 3.45. The highest BCUT2D eigenvalue weighted by atomic mass is 32.2. The van der Waals surface area contributed by atoms with Crippen molar-refractivity contribution in [2.45, 2.75) is 24.2 Å². The van der Waals surface area contributed by atoms with Crippen molar-refractivity contribution in [2.24, 2.45) is 0 Å². The number of piperidine rings is 1. The van der Waals surface area contributed by atoms with E-state index in [1.165, 1.54) is 23.9 Å². The monoisotopic (exact) mass is 322 g/mol. The number of thioether (sulfide) groups is 1. The molecule has 0 saturated carbocycles. The third-order valence-corrected chi connectivity index (χ3v) is 6.15. The molecule has 0 radical (unpaired) electrons. The summed E-state index contributed by atoms with van der Waals surface area (Å²) in [5.41, 5.74) is 0. The van der Waals surface area contributed by atoms with Gasteiger partial charge in [0.1, 0.15) is 11.1 Å². The Kier molecular flexibility index (Phi) is 5.32. The average Bonchev–Trinajstić information content (AvgIpc) is 2.54. The van der Waals surface area contributed by atoms with Crippen molar-refractivity contribution in [1.29, 1.82) is 5.26 Å². The minimum absolute atomic E-state index is 0.136. The summed E-state index contributed by atoms with van der Waals surface area (Å²) in [6, 6.07) is 10.1. The molecule has 1 aromatic rings. The number of hydrogen-bond acceptors (Lipinski definition) is 5. The van der Waals surface area contributed by atoms with E-state index in [9.17, 15) is 13.7 Å². The molecule has 1 fully saturated rings. The highest BCUT2D eigenvalue weighted by molar-refractivity contribution is 8.04. The van der Waals surface area contributed by atoms with Crippen LogP contribution in [0, 0.1) is 11.3 Å². The van der Waals surface area contributed by atoms with Crippen LogP contribution in [0.4, 0.5) is 0 Å². The molecule has 0 bridgehead atoms. The Hall–Kier alpha value is -1.45. The van der Waals surface area contributed by atoms with E-state index < -0.39 is 9.84 Å². The summed E-state index contributed by atoms with van der Waals surface area (Å²) in [4.78, 5) is 2.06. The number of rotatable bonds is 4. The standard InChI is InChI=1S/C15H18N2O2S2/c1-20-15(17-10-6-3-7-11-17)14(12-16)21(18,19)13-8-4-2-5-9-13/h2,4-5,8-9H,3,6-7,10-11H2,1H3. The molecule has 1 aliphatic heterocycles. The summed E-state index contributed by atoms with van der Waals surface area (Å²) in [5, 5.41) is 10.00. The molecule has 4 nitrogen and oxygen atoms in total. The van der Waals surface area contributed by atoms with Gasteiger partial charge in [-0.05, 0) is 37.7 Å². The Labute approximate surface area is 130 Å². The fraction of sp³-hybridized carbons (Fsp3) is 0.400. The van der Waals surface area contributed by atoms with E-state index in [-0.39, 0.29) is 9.80 Å². The molecule has 0 N–H and O–H groups in total. The van der Waals surface area contributed by atoms with Crippen molar-refractivity contribution < 1.29 is 8.42 Å². The number of nitrogens with zero attached hydrogens (tertiary/aromatic N) is 2. The van der Waals surface area contributed by atoms with E-state index in [1.807, 2.05) is 17.2 Å². The smallest absolute Gasteiger partial charge is 0.219 e. The van der Waals surface area contributed by atoms with Gasteiger partial charge in [-0.15, -0.1) is 11.8 Å². The number of likely N-dealkylation sites (tertiary alicyclic amines) is 1. The number of hydrogen-bond donors (Lipinski definition) is 0. The summed E-state index contributed by atoms with van der Waals surface area (Å²) in [5.74, 6) is 0. The normalized spacial score (nSPS) is 17.0. The minimum Gasteiger partial charge on any atom is -0.365 e. The average molecular weight is 322 g/mol. The van der Waals surface area contributed by atoms with E-state index in [2.05, 4.69) is 0 Å². The molecule has 0 aromatic heterocycles. The zero-order valence-electron chi connectivity index (χ0n) is 11.9. The Morgan fingerprint density at radius 3 is 2.33 bits per heavy atom. The Morgan fingerprint density at radius 2 is 1.81 bits per heavy atom. The second-order valence-electron chi connectivity index (χ2n) is 4.81. The lowest BCUT2D eigenvalue weighted by molar-refractivity contribution is 0.302. The van der Waals surface area contributed by atoms with Crippen LogP contribution in [0.1, 0.15) is 19.3 Å². The van der Waals surface area contributed by atoms with Crippen LogP contribution >= 0.6 is 11.8 Å². The van der Waals surface area contributed by atoms with Gasteiger partial charge < -0.3 is 4.90 Å². The maximum absolute atomic E-state index is 12.7. The fourth-order valence-electron chi connectivity index (χ4n) is 2.40. The summed E-state index contributed by atoms with van der Waals surface area (Å²) in [7, 11) is -3.76. The van der Waals surface area contributed by atoms with Crippen molar-refractivity contribution in [3.05, 3.63) is 40.3 Å². The highest BCUT2D eigenvalue weighted by Gasteiger charge is 2.27. The fourth-order valence-corrected chi connectivity index (χ4v) is 4.88. The molecular formula is C15H18N2O2S2. The van der Waals surface area contributed by atoms with Gasteiger partial charge in [0.25, 0.3) is 0 Å². The second kappa shape index (κ2) is 7.01. The number of benzene rings is 1. The van der Waals surface area contributed by atoms with Crippen LogP contribution in [0.2, 0.25) is 0 Å². The van der Waals surface area contributed by atoms with Crippen molar-refractivity contribution in [3.63, 3.8) is 0 Å². The first-order valence-electron chi connectivity index (χ1n) is 6.84. The van der Waals surface area contributed by atoms with Crippen molar-refractivity contribution in [1.82, 2.24) is 4.90 Å². The molecule has 0 unspecified atom stereocenters. The van der Waals surface area contributed by atoms with Crippen LogP contribution in [0.3, 0.4) is 0 Å². The van der Waals surface area contributed by atoms with E-state index in [0.29, 0.717) is 5.03 Å². The predicted molar refractivity (Wildman–Crippen MR) is 85.2 cm³/mol. The van der Waals surface area contributed by atoms with Crippen LogP contribution in [-0.4, -0.2) is 32.7 Å². The van der Waals surface area contributed by atoms with Gasteiger partial charge in [0.15, 0.2) is 4.91 Å². The maximum atomic E-state index is 12.7. The summed E-state index contributed by atoms with van der Waals surface area (Å²) in [6.45, 7) is 1.62. The van der Waals surface area contributed by atoms with Crippen LogP contribution in [-0.2, 0) is 9.84 Å². The molecule has 1 aromatic carbocycles. The Bertz CT molecular complexity index is 655. The summed E-state index contributed by atoms with van der Waals surface area (Å²) in [6.07, 6.45) is 5.05. The highest BCUT2D eigenvalue weighted by Crippen LogP contribution is 2.30. The van der Waals surface area contributed by atoms with Crippen LogP contribution in [0.5, 0.6) is 0 Å². The van der Waals surface area contributed by atoms with Gasteiger partial charge in [-0.1, -0.05) is 18.2 Å². The van der Waals surface area contributed by atoms with Crippen molar-refractivity contribution in [3.8, 4) is 6.07 Å². The van der Waals surface area contributed by atoms with Crippen LogP contribution in [0.15, 0.2) is 45.2 Å². The summed E-state index contributed by atoms with van der Waals surface area (Å²) >= 11 is 1.33. The van der Waals surface area contributed by atoms with Crippen molar-refractivity contribution in [2.75, 3.05) is 19.3 Å². The molecule has 6 heteroatoms. The van der Waals surface area contributed by atoms with Gasteiger partial charge in [0.2, 0.25) is 9.84 Å². The maximum Gasteiger partial charge on any atom is 0.219 e. The molecule has 112 valence electrons. The second-order valence-corrected chi connectivity index (χ2v) is 7.50. The topological polar surface area (TPSA) is 61.2 Å². The van der Waals surface area contributed by atoms with E-state index in [1.54, 1.807) is 18.2 Å². The van der Waals surface area contributed by atoms with Gasteiger partial charge in [-0.2, -0.15) is 5.26 Å². The molecule has 1 heterocycles. The first kappa shape index (κ1) is 15.9. The van der Waals surface area contributed by atoms with Crippen LogP contribution < -0.4 is 0 Å². The number of sulfone groups is 1. The molecule has 0 amide bonds. The first-order chi connectivity index (χ1) is 10.1. The van der Waals surface area contributed by atoms with E-state index >= 15 is 0 Å². The Balaban J connectivity index is 2.50. The molecule has 0 aliphatic carbocycles. The van der Waals surface area contributed by atoms with Gasteiger partial charge in [0, 0.05) is 13.1 Å². The molecule has 0 spiro atoms. The minimum atomic E-state index is -3.76. The molecular weight excluding hydrogens is 304 g/mol. The Morgan fingerprint density at radius 1 is 1.19 bits per heavy atom. The quantitative estimate of drug-likeness (QED) is 0.798. The predicted octanol–water partition coefficient (Wildman–Crippen LogP) is 3.00. The molecule has 1 aliphatic rings. The molecule has 2 rings (SSSR count). The lowest BCUT2D eigenvalue weighted by Crippen LogP contribution is -2.29. The van der Waals surface area contributed by atoms with Gasteiger partial charge in [0.05, 0.1) is 4.90 Å². The molecule has 1 saturated heterocycles. The first-order valence-corrected chi connectivity index (χ1v) is 9.55. The zero-order chi connectivity index (χ0) is 15.3. The zero-order valence-corrected chi connectivity index (χ0v) is 13.6. The van der Waals surface area contributed by atoms with Gasteiger partial charge in [-0.3, -0.25) is 0 Å². The largest absolute Gasteiger partial charge is 0.365 e. The third kappa shape index (κ3) is 3.42. The summed E-state index contributed by atoms with van der Waals surface area (Å²) < 4.78 is 25.4. The molecule has 0 atom stereocenters. The van der Waals surface area contributed by atoms with E-state index in [4.69, 9.17) is 0 Å². The van der Waals surface area contributed by atoms with Gasteiger partial charge >= 0.3 is 0 Å². The van der Waals surface area contributed by atoms with Crippen LogP contribution in [0.25, 0.3) is 0 Å². The number of nitriles is 1. The number of allylic oxidation sites excluding steroid dienone is 1. The molecule has 21 heavy (non-hydrogen) atoms.